The molecule has 25 heavy (non-hydrogen) atoms. The highest BCUT2D eigenvalue weighted by molar-refractivity contribution is 7.98. The average Bonchev–Trinajstić information content (AvgIpc) is 2.49. The maximum Gasteiger partial charge on any atom is 0.451 e. The van der Waals surface area contributed by atoms with Gasteiger partial charge in [-0.2, -0.15) is 11.8 Å². The Morgan fingerprint density at radius 1 is 1.40 bits per heavy atom. The summed E-state index contributed by atoms with van der Waals surface area (Å²) in [6, 6.07) is -0.678. The molecule has 8 nitrogen and oxygen atoms in total. The number of thioether (sulfide) groups is 1. The van der Waals surface area contributed by atoms with E-state index in [1.807, 2.05) is 6.26 Å². The molecule has 1 heterocycles. The highest BCUT2D eigenvalue weighted by atomic mass is 35.5. The van der Waals surface area contributed by atoms with Crippen molar-refractivity contribution in [1.82, 2.24) is 4.90 Å². The van der Waals surface area contributed by atoms with Crippen molar-refractivity contribution >= 4 is 55.6 Å². The largest absolute Gasteiger partial charge is 0.480 e. The molecule has 7 N–H and O–H groups in total. The van der Waals surface area contributed by atoms with E-state index in [-0.39, 0.29) is 55.9 Å². The molecule has 0 unspecified atom stereocenters. The summed E-state index contributed by atoms with van der Waals surface area (Å²) < 4.78 is 0. The summed E-state index contributed by atoms with van der Waals surface area (Å²) in [6.45, 7) is 0.261. The summed E-state index contributed by atoms with van der Waals surface area (Å²) in [4.78, 5) is 25.3. The van der Waals surface area contributed by atoms with E-state index in [9.17, 15) is 14.7 Å². The lowest BCUT2D eigenvalue weighted by Gasteiger charge is -2.42. The Balaban J connectivity index is 0. The third-order valence-corrected chi connectivity index (χ3v) is 4.77. The Morgan fingerprint density at radius 3 is 2.48 bits per heavy atom. The van der Waals surface area contributed by atoms with Gasteiger partial charge in [-0.15, -0.1) is 24.8 Å². The van der Waals surface area contributed by atoms with Crippen LogP contribution in [0, 0.1) is 5.92 Å². The van der Waals surface area contributed by atoms with Crippen molar-refractivity contribution in [1.29, 1.82) is 0 Å². The van der Waals surface area contributed by atoms with Crippen molar-refractivity contribution in [3.63, 3.8) is 0 Å². The van der Waals surface area contributed by atoms with Crippen LogP contribution < -0.4 is 11.5 Å². The summed E-state index contributed by atoms with van der Waals surface area (Å²) in [5.41, 5.74) is 10.3. The van der Waals surface area contributed by atoms with Crippen molar-refractivity contribution in [3.8, 4) is 0 Å². The Bertz CT molecular complexity index is 438. The predicted octanol–water partition coefficient (Wildman–Crippen LogP) is -0.596. The van der Waals surface area contributed by atoms with Crippen LogP contribution in [0.5, 0.6) is 0 Å². The van der Waals surface area contributed by atoms with Crippen LogP contribution in [0.2, 0.25) is 6.32 Å². The molecular formula is C13H28BCl2N3O5S. The number of likely N-dealkylation sites (tertiary alicyclic amines) is 1. The molecule has 0 aliphatic carbocycles. The van der Waals surface area contributed by atoms with Gasteiger partial charge in [-0.3, -0.25) is 9.59 Å². The van der Waals surface area contributed by atoms with Crippen LogP contribution >= 0.6 is 36.6 Å². The standard InChI is InChI=1S/C13H26BN3O5S.2ClH/c1-23-5-3-10(15)11(18)17-7-9(2-4-14(21)22)6-13(16,8-17)12(19)20;;/h9-10,21-22H,2-8,15-16H2,1H3,(H,19,20);2*1H/t9-,10-,13+;;/m0../s1. The van der Waals surface area contributed by atoms with Gasteiger partial charge in [0.05, 0.1) is 6.04 Å². The first kappa shape index (κ1) is 27.0. The van der Waals surface area contributed by atoms with Crippen molar-refractivity contribution in [2.75, 3.05) is 25.1 Å². The first-order chi connectivity index (χ1) is 10.7. The van der Waals surface area contributed by atoms with Gasteiger partial charge in [0.15, 0.2) is 0 Å². The summed E-state index contributed by atoms with van der Waals surface area (Å²) in [7, 11) is -1.46. The fraction of sp³-hybridized carbons (Fsp3) is 0.846. The first-order valence-corrected chi connectivity index (χ1v) is 9.00. The zero-order chi connectivity index (χ0) is 17.6. The number of hydrogen-bond donors (Lipinski definition) is 5. The van der Waals surface area contributed by atoms with E-state index in [2.05, 4.69) is 0 Å². The van der Waals surface area contributed by atoms with Crippen LogP contribution in [0.3, 0.4) is 0 Å². The SMILES string of the molecule is CSCC[C@H](N)C(=O)N1C[C@@H](CCB(O)O)C[C@](N)(C(=O)O)C1.Cl.Cl. The number of carbonyl (C=O) groups excluding carboxylic acids is 1. The fourth-order valence-corrected chi connectivity index (χ4v) is 3.35. The van der Waals surface area contributed by atoms with Gasteiger partial charge in [-0.25, -0.2) is 0 Å². The number of carbonyl (C=O) groups is 2. The molecule has 0 radical (unpaired) electrons. The smallest absolute Gasteiger partial charge is 0.451 e. The number of amides is 1. The fourth-order valence-electron chi connectivity index (χ4n) is 2.86. The molecule has 1 rings (SSSR count). The summed E-state index contributed by atoms with van der Waals surface area (Å²) in [5, 5.41) is 27.4. The zero-order valence-electron chi connectivity index (χ0n) is 14.2. The van der Waals surface area contributed by atoms with E-state index in [1.54, 1.807) is 11.8 Å². The van der Waals surface area contributed by atoms with E-state index in [0.29, 0.717) is 19.4 Å². The molecule has 0 aromatic heterocycles. The minimum Gasteiger partial charge on any atom is -0.480 e. The molecule has 1 fully saturated rings. The number of nitrogens with zero attached hydrogens (tertiary/aromatic N) is 1. The number of piperidine rings is 1. The molecule has 3 atom stereocenters. The molecular weight excluding hydrogens is 392 g/mol. The minimum absolute atomic E-state index is 0. The van der Waals surface area contributed by atoms with E-state index in [0.717, 1.165) is 5.75 Å². The number of rotatable bonds is 8. The van der Waals surface area contributed by atoms with Gasteiger partial charge in [0.1, 0.15) is 5.54 Å². The second kappa shape index (κ2) is 12.2. The Morgan fingerprint density at radius 2 is 2.00 bits per heavy atom. The minimum atomic E-state index is -1.53. The van der Waals surface area contributed by atoms with Crippen molar-refractivity contribution in [2.45, 2.75) is 37.2 Å². The van der Waals surface area contributed by atoms with Gasteiger partial charge in [0.2, 0.25) is 5.91 Å². The molecule has 1 aliphatic heterocycles. The highest BCUT2D eigenvalue weighted by Crippen LogP contribution is 2.28. The lowest BCUT2D eigenvalue weighted by atomic mass is 9.75. The molecule has 1 saturated heterocycles. The number of halogens is 2. The van der Waals surface area contributed by atoms with Crippen molar-refractivity contribution in [3.05, 3.63) is 0 Å². The quantitative estimate of drug-likeness (QED) is 0.327. The third kappa shape index (κ3) is 8.34. The number of carboxylic acid groups (broad SMARTS) is 1. The molecule has 0 saturated carbocycles. The Labute approximate surface area is 165 Å². The van der Waals surface area contributed by atoms with Crippen LogP contribution in [0.1, 0.15) is 19.3 Å². The highest BCUT2D eigenvalue weighted by Gasteiger charge is 2.44. The predicted molar refractivity (Wildman–Crippen MR) is 104 cm³/mol. The molecule has 0 bridgehead atoms. The van der Waals surface area contributed by atoms with Gasteiger partial charge in [-0.1, -0.05) is 6.42 Å². The third-order valence-electron chi connectivity index (χ3n) is 4.13. The summed E-state index contributed by atoms with van der Waals surface area (Å²) in [6.07, 6.45) is 3.12. The van der Waals surface area contributed by atoms with Gasteiger partial charge in [0, 0.05) is 13.1 Å². The van der Waals surface area contributed by atoms with E-state index >= 15 is 0 Å². The average molecular weight is 420 g/mol. The van der Waals surface area contributed by atoms with E-state index in [1.165, 1.54) is 4.90 Å². The van der Waals surface area contributed by atoms with Crippen LogP contribution in [0.25, 0.3) is 0 Å². The Hall–Kier alpha value is -0.225. The molecule has 12 heteroatoms. The van der Waals surface area contributed by atoms with Gasteiger partial charge < -0.3 is 31.5 Å². The number of aliphatic carboxylic acids is 1. The molecule has 0 aromatic carbocycles. The number of hydrogen-bond acceptors (Lipinski definition) is 7. The number of carboxylic acids is 1. The first-order valence-electron chi connectivity index (χ1n) is 7.61. The zero-order valence-corrected chi connectivity index (χ0v) is 16.6. The van der Waals surface area contributed by atoms with Gasteiger partial charge in [0.25, 0.3) is 0 Å². The maximum absolute atomic E-state index is 12.4. The molecule has 0 aromatic rings. The number of nitrogens with two attached hydrogens (primary N) is 2. The summed E-state index contributed by atoms with van der Waals surface area (Å²) >= 11 is 1.59. The lowest BCUT2D eigenvalue weighted by Crippen LogP contribution is -2.64. The summed E-state index contributed by atoms with van der Waals surface area (Å²) in [5.74, 6) is -0.928. The lowest BCUT2D eigenvalue weighted by molar-refractivity contribution is -0.149. The maximum atomic E-state index is 12.4. The van der Waals surface area contributed by atoms with Crippen LogP contribution in [0.15, 0.2) is 0 Å². The van der Waals surface area contributed by atoms with Crippen molar-refractivity contribution < 1.29 is 24.7 Å². The van der Waals surface area contributed by atoms with Crippen LogP contribution in [-0.4, -0.2) is 75.7 Å². The molecule has 148 valence electrons. The normalized spacial score (nSPS) is 23.9. The molecule has 1 amide bonds. The van der Waals surface area contributed by atoms with Crippen molar-refractivity contribution in [2.24, 2.45) is 17.4 Å². The second-order valence-corrected chi connectivity index (χ2v) is 7.18. The topological polar surface area (TPSA) is 150 Å². The van der Waals surface area contributed by atoms with Crippen LogP contribution in [-0.2, 0) is 9.59 Å². The second-order valence-electron chi connectivity index (χ2n) is 6.20. The van der Waals surface area contributed by atoms with Gasteiger partial charge in [-0.05, 0) is 37.1 Å². The van der Waals surface area contributed by atoms with Gasteiger partial charge >= 0.3 is 13.1 Å². The van der Waals surface area contributed by atoms with E-state index < -0.39 is 24.7 Å². The van der Waals surface area contributed by atoms with Crippen LogP contribution in [0.4, 0.5) is 0 Å². The molecule has 1 aliphatic rings. The van der Waals surface area contributed by atoms with E-state index in [4.69, 9.17) is 21.5 Å². The monoisotopic (exact) mass is 419 g/mol. The Kier molecular flexibility index (Phi) is 13.2. The molecule has 0 spiro atoms.